The maximum absolute atomic E-state index is 12.3. The van der Waals surface area contributed by atoms with Gasteiger partial charge in [-0.3, -0.25) is 0 Å². The van der Waals surface area contributed by atoms with Gasteiger partial charge in [0.25, 0.3) is 0 Å². The van der Waals surface area contributed by atoms with E-state index in [9.17, 15) is 8.78 Å². The van der Waals surface area contributed by atoms with Crippen molar-refractivity contribution in [2.75, 3.05) is 0 Å². The molecule has 4 heteroatoms. The molecule has 0 fully saturated rings. The molecule has 0 amide bonds. The minimum atomic E-state index is -2.80. The average molecular weight is 298 g/mol. The molecule has 1 aromatic rings. The quantitative estimate of drug-likeness (QED) is 0.742. The van der Waals surface area contributed by atoms with Gasteiger partial charge in [0.15, 0.2) is 0 Å². The normalized spacial score (nSPS) is 24.0. The van der Waals surface area contributed by atoms with Gasteiger partial charge < -0.3 is 9.47 Å². The van der Waals surface area contributed by atoms with E-state index in [0.29, 0.717) is 0 Å². The van der Waals surface area contributed by atoms with E-state index in [2.05, 4.69) is 25.5 Å². The van der Waals surface area contributed by atoms with Crippen LogP contribution in [0.2, 0.25) is 0 Å². The molecule has 2 rings (SSSR count). The van der Waals surface area contributed by atoms with E-state index in [-0.39, 0.29) is 23.4 Å². The summed E-state index contributed by atoms with van der Waals surface area (Å²) in [5, 5.41) is 0. The highest BCUT2D eigenvalue weighted by Crippen LogP contribution is 2.44. The smallest absolute Gasteiger partial charge is 0.387 e. The van der Waals surface area contributed by atoms with E-state index < -0.39 is 6.61 Å². The summed E-state index contributed by atoms with van der Waals surface area (Å²) in [7, 11) is 0. The van der Waals surface area contributed by atoms with Crippen LogP contribution >= 0.6 is 0 Å². The van der Waals surface area contributed by atoms with Crippen molar-refractivity contribution in [1.82, 2.24) is 0 Å². The predicted molar refractivity (Wildman–Crippen MR) is 78.9 cm³/mol. The summed E-state index contributed by atoms with van der Waals surface area (Å²) in [5.74, 6) is 0.196. The Bertz CT molecular complexity index is 486. The van der Waals surface area contributed by atoms with Gasteiger partial charge in [-0.2, -0.15) is 8.78 Å². The third-order valence-electron chi connectivity index (χ3n) is 4.37. The topological polar surface area (TPSA) is 18.5 Å². The molecule has 0 bridgehead atoms. The van der Waals surface area contributed by atoms with Crippen LogP contribution in [0.3, 0.4) is 0 Å². The van der Waals surface area contributed by atoms with Crippen LogP contribution in [-0.2, 0) is 10.2 Å². The molecule has 1 aromatic carbocycles. The lowest BCUT2D eigenvalue weighted by Crippen LogP contribution is -2.41. The van der Waals surface area contributed by atoms with Crippen LogP contribution in [0.25, 0.3) is 0 Å². The summed E-state index contributed by atoms with van der Waals surface area (Å²) in [6.45, 7) is 5.66. The Morgan fingerprint density at radius 2 is 2.05 bits per heavy atom. The lowest BCUT2D eigenvalue weighted by Gasteiger charge is -2.43. The first-order valence-electron chi connectivity index (χ1n) is 7.61. The molecular weight excluding hydrogens is 274 g/mol. The molecular formula is C17H24F2O2. The molecule has 0 saturated carbocycles. The monoisotopic (exact) mass is 298 g/mol. The maximum Gasteiger partial charge on any atom is 0.387 e. The minimum absolute atomic E-state index is 0.101. The number of unbranched alkanes of at least 4 members (excludes halogenated alkanes) is 1. The van der Waals surface area contributed by atoms with Crippen LogP contribution in [-0.4, -0.2) is 12.7 Å². The number of halogens is 2. The van der Waals surface area contributed by atoms with Gasteiger partial charge in [0, 0.05) is 5.41 Å². The highest BCUT2D eigenvalue weighted by Gasteiger charge is 2.39. The molecule has 1 aliphatic heterocycles. The standard InChI is InChI=1S/C17H24F2O2/c1-5-6-7-15-17(3,4)14-9-8-12(21-16(18)19)10-13(14)11(2)20-15/h8-11,15-16H,5-7H2,1-4H3/t11-,15+/m1/s1. The Hall–Kier alpha value is -1.16. The fourth-order valence-electron chi connectivity index (χ4n) is 3.12. The highest BCUT2D eigenvalue weighted by atomic mass is 19.3. The Kier molecular flexibility index (Phi) is 4.87. The third-order valence-corrected chi connectivity index (χ3v) is 4.37. The zero-order chi connectivity index (χ0) is 15.6. The fourth-order valence-corrected chi connectivity index (χ4v) is 3.12. The van der Waals surface area contributed by atoms with Gasteiger partial charge in [-0.1, -0.05) is 39.7 Å². The van der Waals surface area contributed by atoms with Gasteiger partial charge in [0.1, 0.15) is 5.75 Å². The van der Waals surface area contributed by atoms with Gasteiger partial charge in [0.2, 0.25) is 0 Å². The first-order valence-corrected chi connectivity index (χ1v) is 7.61. The van der Waals surface area contributed by atoms with Gasteiger partial charge in [0.05, 0.1) is 12.2 Å². The van der Waals surface area contributed by atoms with E-state index in [4.69, 9.17) is 4.74 Å². The zero-order valence-electron chi connectivity index (χ0n) is 13.2. The van der Waals surface area contributed by atoms with Crippen LogP contribution in [0.5, 0.6) is 5.75 Å². The summed E-state index contributed by atoms with van der Waals surface area (Å²) in [6, 6.07) is 5.22. The van der Waals surface area contributed by atoms with Crippen LogP contribution in [0, 0.1) is 0 Å². The summed E-state index contributed by atoms with van der Waals surface area (Å²) in [6.07, 6.45) is 3.34. The molecule has 0 N–H and O–H groups in total. The SMILES string of the molecule is CCCC[C@@H]1O[C@H](C)c2cc(OC(F)F)ccc2C1(C)C. The van der Waals surface area contributed by atoms with Crippen molar-refractivity contribution >= 4 is 0 Å². The van der Waals surface area contributed by atoms with Crippen molar-refractivity contribution in [3.8, 4) is 5.75 Å². The fraction of sp³-hybridized carbons (Fsp3) is 0.647. The molecule has 2 atom stereocenters. The molecule has 1 heterocycles. The number of ether oxygens (including phenoxy) is 2. The number of hydrogen-bond donors (Lipinski definition) is 0. The van der Waals surface area contributed by atoms with Gasteiger partial charge in [-0.05, 0) is 36.6 Å². The maximum atomic E-state index is 12.3. The van der Waals surface area contributed by atoms with Crippen molar-refractivity contribution < 1.29 is 18.3 Å². The second-order valence-corrected chi connectivity index (χ2v) is 6.26. The minimum Gasteiger partial charge on any atom is -0.435 e. The van der Waals surface area contributed by atoms with Crippen LogP contribution in [0.15, 0.2) is 18.2 Å². The van der Waals surface area contributed by atoms with Crippen molar-refractivity contribution in [2.24, 2.45) is 0 Å². The van der Waals surface area contributed by atoms with Gasteiger partial charge in [-0.15, -0.1) is 0 Å². The molecule has 1 aliphatic rings. The molecule has 21 heavy (non-hydrogen) atoms. The Morgan fingerprint density at radius 1 is 1.33 bits per heavy atom. The van der Waals surface area contributed by atoms with E-state index >= 15 is 0 Å². The van der Waals surface area contributed by atoms with Crippen molar-refractivity contribution in [3.05, 3.63) is 29.3 Å². The molecule has 0 radical (unpaired) electrons. The summed E-state index contributed by atoms with van der Waals surface area (Å²) in [4.78, 5) is 0. The second-order valence-electron chi connectivity index (χ2n) is 6.26. The predicted octanol–water partition coefficient (Wildman–Crippen LogP) is 5.22. The van der Waals surface area contributed by atoms with E-state index in [0.717, 1.165) is 24.8 Å². The largest absolute Gasteiger partial charge is 0.435 e. The summed E-state index contributed by atoms with van der Waals surface area (Å²) >= 11 is 0. The zero-order valence-corrected chi connectivity index (χ0v) is 13.2. The number of fused-ring (bicyclic) bond motifs is 1. The molecule has 2 nitrogen and oxygen atoms in total. The molecule has 0 aromatic heterocycles. The molecule has 118 valence electrons. The molecule has 0 spiro atoms. The Balaban J connectivity index is 2.32. The number of alkyl halides is 2. The Labute approximate surface area is 125 Å². The summed E-state index contributed by atoms with van der Waals surface area (Å²) < 4.78 is 35.3. The van der Waals surface area contributed by atoms with Crippen LogP contribution in [0.1, 0.15) is 64.2 Å². The molecule has 0 saturated heterocycles. The first kappa shape index (κ1) is 16.2. The summed E-state index contributed by atoms with van der Waals surface area (Å²) in [5.41, 5.74) is 2.00. The first-order chi connectivity index (χ1) is 9.86. The second kappa shape index (κ2) is 6.30. The number of hydrogen-bond acceptors (Lipinski definition) is 2. The van der Waals surface area contributed by atoms with E-state index in [1.165, 1.54) is 5.56 Å². The van der Waals surface area contributed by atoms with Crippen molar-refractivity contribution in [1.29, 1.82) is 0 Å². The number of benzene rings is 1. The van der Waals surface area contributed by atoms with Crippen LogP contribution < -0.4 is 4.74 Å². The molecule has 0 unspecified atom stereocenters. The average Bonchev–Trinajstić information content (AvgIpc) is 2.40. The van der Waals surface area contributed by atoms with Gasteiger partial charge in [-0.25, -0.2) is 0 Å². The van der Waals surface area contributed by atoms with Crippen molar-refractivity contribution in [3.63, 3.8) is 0 Å². The van der Waals surface area contributed by atoms with Gasteiger partial charge >= 0.3 is 6.61 Å². The third kappa shape index (κ3) is 3.37. The lowest BCUT2D eigenvalue weighted by atomic mass is 9.72. The van der Waals surface area contributed by atoms with Crippen molar-refractivity contribution in [2.45, 2.75) is 71.2 Å². The molecule has 0 aliphatic carbocycles. The Morgan fingerprint density at radius 3 is 2.67 bits per heavy atom. The van der Waals surface area contributed by atoms with E-state index in [1.54, 1.807) is 12.1 Å². The number of rotatable bonds is 5. The van der Waals surface area contributed by atoms with Crippen LogP contribution in [0.4, 0.5) is 8.78 Å². The van der Waals surface area contributed by atoms with E-state index in [1.807, 2.05) is 13.0 Å². The highest BCUT2D eigenvalue weighted by molar-refractivity contribution is 5.43. The lowest BCUT2D eigenvalue weighted by molar-refractivity contribution is -0.0639.